The van der Waals surface area contributed by atoms with E-state index >= 15 is 0 Å². The minimum atomic E-state index is -4.40. The Bertz CT molecular complexity index is 1080. The molecule has 0 atom stereocenters. The molecule has 2 rings (SSSR count). The largest absolute Gasteiger partial charge is 0.406 e. The van der Waals surface area contributed by atoms with Gasteiger partial charge in [-0.05, 0) is 62.4 Å². The predicted octanol–water partition coefficient (Wildman–Crippen LogP) is 3.31. The molecule has 2 aromatic rings. The molecule has 1 heterocycles. The minimum absolute atomic E-state index is 0.0932. The molecule has 11 heteroatoms. The summed E-state index contributed by atoms with van der Waals surface area (Å²) in [6, 6.07) is 0. The third-order valence-electron chi connectivity index (χ3n) is 5.79. The van der Waals surface area contributed by atoms with Crippen LogP contribution >= 0.6 is 0 Å². The predicted molar refractivity (Wildman–Crippen MR) is 115 cm³/mol. The van der Waals surface area contributed by atoms with Gasteiger partial charge < -0.3 is 9.47 Å². The number of alkyl halides is 3. The lowest BCUT2D eigenvalue weighted by Crippen LogP contribution is -2.33. The number of hydrogen-bond donors (Lipinski definition) is 1. The average Bonchev–Trinajstić information content (AvgIpc) is 3.09. The number of halogens is 3. The molecule has 0 bridgehead atoms. The number of carbonyl (C=O) groups excluding carboxylic acids is 1. The highest BCUT2D eigenvalue weighted by molar-refractivity contribution is 7.89. The van der Waals surface area contributed by atoms with Gasteiger partial charge in [0, 0.05) is 32.4 Å². The van der Waals surface area contributed by atoms with Crippen LogP contribution in [-0.2, 0) is 27.9 Å². The van der Waals surface area contributed by atoms with Crippen molar-refractivity contribution in [1.29, 1.82) is 0 Å². The van der Waals surface area contributed by atoms with Crippen LogP contribution in [0.2, 0.25) is 0 Å². The lowest BCUT2D eigenvalue weighted by Gasteiger charge is -2.20. The van der Waals surface area contributed by atoms with Crippen molar-refractivity contribution in [2.45, 2.75) is 65.2 Å². The molecule has 178 valence electrons. The Balaban J connectivity index is 2.04. The first-order valence-corrected chi connectivity index (χ1v) is 11.5. The van der Waals surface area contributed by atoms with E-state index in [0.29, 0.717) is 11.1 Å². The molecular weight excluding hydrogens is 445 g/mol. The lowest BCUT2D eigenvalue weighted by molar-refractivity contribution is -0.141. The monoisotopic (exact) mass is 474 g/mol. The fraction of sp³-hybridized carbons (Fsp3) is 0.524. The molecule has 0 aliphatic rings. The molecule has 0 saturated carbocycles. The number of nitrogens with one attached hydrogen (secondary N) is 1. The smallest absolute Gasteiger partial charge is 0.338 e. The molecule has 0 spiro atoms. The summed E-state index contributed by atoms with van der Waals surface area (Å²) in [5.41, 5.74) is 4.17. The highest BCUT2D eigenvalue weighted by Crippen LogP contribution is 2.29. The summed E-state index contributed by atoms with van der Waals surface area (Å²) in [6.45, 7) is 7.75. The molecule has 7 nitrogen and oxygen atoms in total. The average molecular weight is 475 g/mol. The molecule has 1 amide bonds. The Morgan fingerprint density at radius 2 is 1.59 bits per heavy atom. The van der Waals surface area contributed by atoms with Gasteiger partial charge in [0.05, 0.1) is 11.4 Å². The van der Waals surface area contributed by atoms with E-state index in [0.717, 1.165) is 21.3 Å². The van der Waals surface area contributed by atoms with Crippen molar-refractivity contribution in [3.05, 3.63) is 46.0 Å². The Morgan fingerprint density at radius 1 is 1.06 bits per heavy atom. The molecule has 0 aliphatic carbocycles. The van der Waals surface area contributed by atoms with Crippen molar-refractivity contribution in [1.82, 2.24) is 19.2 Å². The zero-order chi connectivity index (χ0) is 24.4. The molecule has 0 fully saturated rings. The van der Waals surface area contributed by atoms with Crippen LogP contribution in [0.15, 0.2) is 17.3 Å². The van der Waals surface area contributed by atoms with E-state index in [9.17, 15) is 26.4 Å². The third kappa shape index (κ3) is 5.89. The second-order valence-electron chi connectivity index (χ2n) is 7.94. The van der Waals surface area contributed by atoms with Crippen LogP contribution in [0.25, 0.3) is 0 Å². The first-order valence-electron chi connectivity index (χ1n) is 10.0. The highest BCUT2D eigenvalue weighted by Gasteiger charge is 2.29. The van der Waals surface area contributed by atoms with E-state index in [4.69, 9.17) is 0 Å². The van der Waals surface area contributed by atoms with Crippen LogP contribution in [0, 0.1) is 34.6 Å². The van der Waals surface area contributed by atoms with Crippen LogP contribution in [-0.4, -0.2) is 48.5 Å². The van der Waals surface area contributed by atoms with Crippen molar-refractivity contribution in [3.8, 4) is 0 Å². The lowest BCUT2D eigenvalue weighted by atomic mass is 9.95. The topological polar surface area (TPSA) is 84.3 Å². The van der Waals surface area contributed by atoms with E-state index in [1.807, 2.05) is 20.8 Å². The number of sulfonamides is 1. The molecule has 0 aliphatic heterocycles. The van der Waals surface area contributed by atoms with Crippen LogP contribution in [0.1, 0.15) is 40.1 Å². The highest BCUT2D eigenvalue weighted by atomic mass is 32.2. The van der Waals surface area contributed by atoms with Gasteiger partial charge in [-0.25, -0.2) is 18.1 Å². The summed E-state index contributed by atoms with van der Waals surface area (Å²) in [5.74, 6) is -0.324. The number of amides is 1. The van der Waals surface area contributed by atoms with Gasteiger partial charge in [-0.1, -0.05) is 0 Å². The molecule has 1 N–H and O–H groups in total. The molecular formula is C21H29F3N4O3S. The van der Waals surface area contributed by atoms with E-state index in [-0.39, 0.29) is 30.2 Å². The number of hydrogen-bond acceptors (Lipinski definition) is 4. The molecule has 0 radical (unpaired) electrons. The maximum absolute atomic E-state index is 12.9. The fourth-order valence-corrected chi connectivity index (χ4v) is 5.18. The summed E-state index contributed by atoms with van der Waals surface area (Å²) in [7, 11) is -2.41. The van der Waals surface area contributed by atoms with Crippen molar-refractivity contribution in [3.63, 3.8) is 0 Å². The van der Waals surface area contributed by atoms with Gasteiger partial charge in [0.25, 0.3) is 0 Å². The maximum atomic E-state index is 12.9. The summed E-state index contributed by atoms with van der Waals surface area (Å²) in [5, 5.41) is 0. The van der Waals surface area contributed by atoms with Crippen molar-refractivity contribution in [2.24, 2.45) is 0 Å². The SMILES string of the molecule is Cc1c(C)c(C)c(S(=O)(=O)NCCC(=O)N(C)Cc2nccn2CC(F)(F)F)c(C)c1C. The van der Waals surface area contributed by atoms with E-state index in [1.54, 1.807) is 13.8 Å². The standard InChI is InChI=1S/C21H29F3N4O3S/c1-13-14(2)16(4)20(17(5)15(13)3)32(30,31)26-8-7-19(29)27(6)11-18-25-9-10-28(18)12-21(22,23)24/h9-10,26H,7-8,11-12H2,1-6H3. The Kier molecular flexibility index (Phi) is 7.77. The van der Waals surface area contributed by atoms with Gasteiger partial charge >= 0.3 is 6.18 Å². The number of imidazole rings is 1. The van der Waals surface area contributed by atoms with Crippen molar-refractivity contribution in [2.75, 3.05) is 13.6 Å². The van der Waals surface area contributed by atoms with Crippen LogP contribution in [0.4, 0.5) is 13.2 Å². The molecule has 0 saturated heterocycles. The molecule has 32 heavy (non-hydrogen) atoms. The number of aromatic nitrogens is 2. The molecule has 1 aromatic heterocycles. The minimum Gasteiger partial charge on any atom is -0.338 e. The molecule has 0 unspecified atom stereocenters. The van der Waals surface area contributed by atoms with E-state index in [1.165, 1.54) is 24.3 Å². The summed E-state index contributed by atoms with van der Waals surface area (Å²) < 4.78 is 67.2. The zero-order valence-corrected chi connectivity index (χ0v) is 19.9. The van der Waals surface area contributed by atoms with Crippen molar-refractivity contribution < 1.29 is 26.4 Å². The van der Waals surface area contributed by atoms with Gasteiger partial charge in [-0.3, -0.25) is 4.79 Å². The Morgan fingerprint density at radius 3 is 2.12 bits per heavy atom. The van der Waals surface area contributed by atoms with Gasteiger partial charge in [-0.15, -0.1) is 0 Å². The molecule has 1 aromatic carbocycles. The quantitative estimate of drug-likeness (QED) is 0.636. The van der Waals surface area contributed by atoms with Crippen molar-refractivity contribution >= 4 is 15.9 Å². The van der Waals surface area contributed by atoms with Gasteiger partial charge in [0.1, 0.15) is 12.4 Å². The fourth-order valence-electron chi connectivity index (χ4n) is 3.55. The Labute approximate surface area is 186 Å². The van der Waals surface area contributed by atoms with Gasteiger partial charge in [-0.2, -0.15) is 13.2 Å². The third-order valence-corrected chi connectivity index (χ3v) is 7.52. The number of nitrogens with zero attached hydrogens (tertiary/aromatic N) is 3. The zero-order valence-electron chi connectivity index (χ0n) is 19.1. The van der Waals surface area contributed by atoms with Crippen LogP contribution < -0.4 is 4.72 Å². The number of carbonyl (C=O) groups is 1. The van der Waals surface area contributed by atoms with Crippen LogP contribution in [0.3, 0.4) is 0 Å². The number of benzene rings is 1. The number of rotatable bonds is 8. The van der Waals surface area contributed by atoms with Crippen LogP contribution in [0.5, 0.6) is 0 Å². The first-order chi connectivity index (χ1) is 14.7. The summed E-state index contributed by atoms with van der Waals surface area (Å²) >= 11 is 0. The van der Waals surface area contributed by atoms with E-state index < -0.39 is 28.7 Å². The van der Waals surface area contributed by atoms with Gasteiger partial charge in [0.15, 0.2) is 0 Å². The normalized spacial score (nSPS) is 12.3. The summed E-state index contributed by atoms with van der Waals surface area (Å²) in [6.07, 6.45) is -2.11. The second kappa shape index (κ2) is 9.62. The van der Waals surface area contributed by atoms with Gasteiger partial charge in [0.2, 0.25) is 15.9 Å². The first kappa shape index (κ1) is 25.9. The Hall–Kier alpha value is -2.40. The summed E-state index contributed by atoms with van der Waals surface area (Å²) in [4.78, 5) is 17.7. The maximum Gasteiger partial charge on any atom is 0.406 e. The second-order valence-corrected chi connectivity index (χ2v) is 9.64. The van der Waals surface area contributed by atoms with E-state index in [2.05, 4.69) is 9.71 Å².